The first-order chi connectivity index (χ1) is 12.4. The van der Waals surface area contributed by atoms with Crippen LogP contribution in [0.1, 0.15) is 92.4 Å². The Bertz CT molecular complexity index is 307. The third-order valence-electron chi connectivity index (χ3n) is 4.54. The summed E-state index contributed by atoms with van der Waals surface area (Å²) >= 11 is 0. The summed E-state index contributed by atoms with van der Waals surface area (Å²) in [4.78, 5) is 19.9. The predicted octanol–water partition coefficient (Wildman–Crippen LogP) is 3.69. The number of aliphatic carboxylic acids is 1. The number of hydrogen-bond acceptors (Lipinski definition) is 4. The monoisotopic (exact) mass is 373 g/mol. The zero-order valence-electron chi connectivity index (χ0n) is 18.0. The van der Waals surface area contributed by atoms with Crippen LogP contribution in [0.2, 0.25) is 0 Å². The van der Waals surface area contributed by atoms with Crippen molar-refractivity contribution in [2.45, 2.75) is 92.4 Å². The molecule has 0 atom stereocenters. The first-order valence-corrected chi connectivity index (χ1v) is 10.6. The summed E-state index contributed by atoms with van der Waals surface area (Å²) < 4.78 is 5.71. The molecule has 5 heteroatoms. The number of esters is 1. The molecule has 26 heavy (non-hydrogen) atoms. The number of rotatable bonds is 15. The van der Waals surface area contributed by atoms with Gasteiger partial charge in [-0.2, -0.15) is 0 Å². The largest absolute Gasteiger partial charge is 0.550 e. The molecule has 0 saturated heterocycles. The van der Waals surface area contributed by atoms with Crippen molar-refractivity contribution < 1.29 is 23.9 Å². The van der Waals surface area contributed by atoms with Crippen LogP contribution in [-0.2, 0) is 14.3 Å². The van der Waals surface area contributed by atoms with E-state index in [-0.39, 0.29) is 6.61 Å². The van der Waals surface area contributed by atoms with Crippen LogP contribution in [0.5, 0.6) is 0 Å². The fourth-order valence-electron chi connectivity index (χ4n) is 2.97. The van der Waals surface area contributed by atoms with Crippen molar-refractivity contribution in [2.75, 3.05) is 32.8 Å². The standard InChI is InChI=1S/C16H36N.C5H8O4/c1-5-9-13-17(14-10-6-2,15-11-7-3)16-12-8-4;1-2-9-5(8)3-4(6)7/h5-16H2,1-4H3;2-3H2,1H3,(H,6,7)/q+1;/p-1. The molecule has 0 aliphatic heterocycles. The van der Waals surface area contributed by atoms with Gasteiger partial charge in [0.05, 0.1) is 45.2 Å². The maximum atomic E-state index is 10.2. The summed E-state index contributed by atoms with van der Waals surface area (Å²) in [6.07, 6.45) is 10.4. The van der Waals surface area contributed by atoms with Crippen LogP contribution >= 0.6 is 0 Å². The van der Waals surface area contributed by atoms with Gasteiger partial charge in [-0.1, -0.05) is 53.4 Å². The second kappa shape index (κ2) is 18.7. The molecule has 156 valence electrons. The lowest BCUT2D eigenvalue weighted by atomic mass is 10.1. The maximum Gasteiger partial charge on any atom is 0.311 e. The Morgan fingerprint density at radius 2 is 1.08 bits per heavy atom. The van der Waals surface area contributed by atoms with Gasteiger partial charge in [0.2, 0.25) is 0 Å². The number of carbonyl (C=O) groups excluding carboxylic acids is 2. The van der Waals surface area contributed by atoms with E-state index >= 15 is 0 Å². The third kappa shape index (κ3) is 16.4. The molecule has 0 amide bonds. The molecule has 0 unspecified atom stereocenters. The molecular formula is C21H43NO4. The highest BCUT2D eigenvalue weighted by atomic mass is 16.5. The van der Waals surface area contributed by atoms with Crippen molar-refractivity contribution in [1.82, 2.24) is 0 Å². The summed E-state index contributed by atoms with van der Waals surface area (Å²) in [5.41, 5.74) is 0. The van der Waals surface area contributed by atoms with Gasteiger partial charge in [-0.25, -0.2) is 0 Å². The Labute approximate surface area is 161 Å². The SMILES string of the molecule is CCCC[N+](CCCC)(CCCC)CCCC.CCOC(=O)CC(=O)[O-]. The second-order valence-electron chi connectivity index (χ2n) is 7.00. The van der Waals surface area contributed by atoms with Crippen LogP contribution in [0, 0.1) is 0 Å². The van der Waals surface area contributed by atoms with Crippen molar-refractivity contribution >= 4 is 11.9 Å². The summed E-state index contributed by atoms with van der Waals surface area (Å²) in [5.74, 6) is -2.16. The van der Waals surface area contributed by atoms with Gasteiger partial charge >= 0.3 is 5.97 Å². The molecule has 0 aromatic heterocycles. The molecule has 0 spiro atoms. The number of carbonyl (C=O) groups is 2. The van der Waals surface area contributed by atoms with Crippen LogP contribution < -0.4 is 5.11 Å². The van der Waals surface area contributed by atoms with Crippen molar-refractivity contribution in [1.29, 1.82) is 0 Å². The number of quaternary nitrogens is 1. The number of unbranched alkanes of at least 4 members (excludes halogenated alkanes) is 4. The third-order valence-corrected chi connectivity index (χ3v) is 4.54. The van der Waals surface area contributed by atoms with Gasteiger partial charge in [-0.05, 0) is 32.6 Å². The fraction of sp³-hybridized carbons (Fsp3) is 0.905. The molecule has 5 nitrogen and oxygen atoms in total. The lowest BCUT2D eigenvalue weighted by Crippen LogP contribution is -2.50. The van der Waals surface area contributed by atoms with Gasteiger partial charge in [0.25, 0.3) is 0 Å². The number of carboxylic acids is 1. The number of ether oxygens (including phenoxy) is 1. The summed E-state index contributed by atoms with van der Waals surface area (Å²) in [5, 5.41) is 9.67. The van der Waals surface area contributed by atoms with E-state index in [4.69, 9.17) is 0 Å². The number of nitrogens with zero attached hydrogens (tertiary/aromatic N) is 1. The quantitative estimate of drug-likeness (QED) is 0.249. The zero-order valence-corrected chi connectivity index (χ0v) is 18.0. The van der Waals surface area contributed by atoms with E-state index in [0.29, 0.717) is 0 Å². The molecule has 0 aromatic carbocycles. The Morgan fingerprint density at radius 1 is 0.731 bits per heavy atom. The minimum absolute atomic E-state index is 0.201. The average molecular weight is 374 g/mol. The molecule has 0 aliphatic carbocycles. The highest BCUT2D eigenvalue weighted by molar-refractivity contribution is 5.88. The molecule has 0 radical (unpaired) electrons. The maximum absolute atomic E-state index is 10.2. The molecule has 0 aromatic rings. The van der Waals surface area contributed by atoms with Gasteiger partial charge < -0.3 is 19.1 Å². The molecule has 0 N–H and O–H groups in total. The summed E-state index contributed by atoms with van der Waals surface area (Å²) in [6, 6.07) is 0. The van der Waals surface area contributed by atoms with E-state index in [0.717, 1.165) is 0 Å². The van der Waals surface area contributed by atoms with Crippen molar-refractivity contribution in [3.05, 3.63) is 0 Å². The molecule has 0 saturated carbocycles. The Morgan fingerprint density at radius 3 is 1.31 bits per heavy atom. The van der Waals surface area contributed by atoms with Crippen LogP contribution in [0.3, 0.4) is 0 Å². The topological polar surface area (TPSA) is 66.4 Å². The Hall–Kier alpha value is -1.10. The zero-order chi connectivity index (χ0) is 20.3. The van der Waals surface area contributed by atoms with Crippen LogP contribution in [-0.4, -0.2) is 49.2 Å². The first kappa shape index (κ1) is 27.1. The van der Waals surface area contributed by atoms with Crippen molar-refractivity contribution in [3.63, 3.8) is 0 Å². The molecule has 0 rings (SSSR count). The second-order valence-corrected chi connectivity index (χ2v) is 7.00. The normalized spacial score (nSPS) is 10.8. The minimum atomic E-state index is -1.41. The summed E-state index contributed by atoms with van der Waals surface area (Å²) in [6.45, 7) is 16.8. The molecule has 0 heterocycles. The van der Waals surface area contributed by atoms with Gasteiger partial charge in [0, 0.05) is 0 Å². The van der Waals surface area contributed by atoms with Gasteiger partial charge in [-0.3, -0.25) is 4.79 Å². The van der Waals surface area contributed by atoms with Crippen LogP contribution in [0.15, 0.2) is 0 Å². The number of carboxylic acid groups (broad SMARTS) is 1. The van der Waals surface area contributed by atoms with Crippen molar-refractivity contribution in [3.8, 4) is 0 Å². The van der Waals surface area contributed by atoms with E-state index in [9.17, 15) is 14.7 Å². The van der Waals surface area contributed by atoms with E-state index in [2.05, 4.69) is 32.4 Å². The first-order valence-electron chi connectivity index (χ1n) is 10.6. The van der Waals surface area contributed by atoms with E-state index in [1.54, 1.807) is 6.92 Å². The molecule has 0 fully saturated rings. The van der Waals surface area contributed by atoms with Crippen molar-refractivity contribution in [2.24, 2.45) is 0 Å². The minimum Gasteiger partial charge on any atom is -0.550 e. The van der Waals surface area contributed by atoms with Gasteiger partial charge in [0.1, 0.15) is 0 Å². The Balaban J connectivity index is 0. The van der Waals surface area contributed by atoms with Gasteiger partial charge in [-0.15, -0.1) is 0 Å². The summed E-state index contributed by atoms with van der Waals surface area (Å²) in [7, 11) is 0. The molecular weight excluding hydrogens is 330 g/mol. The van der Waals surface area contributed by atoms with Crippen LogP contribution in [0.25, 0.3) is 0 Å². The lowest BCUT2D eigenvalue weighted by Gasteiger charge is -2.39. The van der Waals surface area contributed by atoms with Gasteiger partial charge in [0.15, 0.2) is 0 Å². The highest BCUT2D eigenvalue weighted by Crippen LogP contribution is 2.16. The predicted molar refractivity (Wildman–Crippen MR) is 106 cm³/mol. The highest BCUT2D eigenvalue weighted by Gasteiger charge is 2.24. The van der Waals surface area contributed by atoms with E-state index in [1.165, 1.54) is 82.0 Å². The number of hydrogen-bond donors (Lipinski definition) is 0. The Kier molecular flexibility index (Phi) is 19.5. The smallest absolute Gasteiger partial charge is 0.311 e. The lowest BCUT2D eigenvalue weighted by molar-refractivity contribution is -0.929. The van der Waals surface area contributed by atoms with E-state index in [1.807, 2.05) is 0 Å². The molecule has 0 bridgehead atoms. The molecule has 0 aliphatic rings. The fourth-order valence-corrected chi connectivity index (χ4v) is 2.97. The van der Waals surface area contributed by atoms with Crippen LogP contribution in [0.4, 0.5) is 0 Å². The van der Waals surface area contributed by atoms with E-state index < -0.39 is 18.4 Å². The average Bonchev–Trinajstić information content (AvgIpc) is 2.60.